The van der Waals surface area contributed by atoms with Gasteiger partial charge in [-0.15, -0.1) is 0 Å². The number of hydrogen-bond acceptors (Lipinski definition) is 4. The number of H-pyrrole nitrogens is 1. The second kappa shape index (κ2) is 3.22. The van der Waals surface area contributed by atoms with Gasteiger partial charge in [0, 0.05) is 18.2 Å². The number of nitrogens with one attached hydrogen (secondary N) is 1. The van der Waals surface area contributed by atoms with Gasteiger partial charge in [0.15, 0.2) is 0 Å². The van der Waals surface area contributed by atoms with E-state index < -0.39 is 0 Å². The molecule has 2 heterocycles. The molecular formula is C8H11N5O. The van der Waals surface area contributed by atoms with E-state index in [0.29, 0.717) is 30.3 Å². The highest BCUT2D eigenvalue weighted by atomic mass is 16.1. The second-order valence-electron chi connectivity index (χ2n) is 3.08. The Morgan fingerprint density at radius 1 is 1.57 bits per heavy atom. The monoisotopic (exact) mass is 193 g/mol. The van der Waals surface area contributed by atoms with Crippen LogP contribution in [0.25, 0.3) is 5.78 Å². The lowest BCUT2D eigenvalue weighted by Crippen LogP contribution is -2.14. The van der Waals surface area contributed by atoms with Gasteiger partial charge in [0.05, 0.1) is 0 Å². The molecule has 2 aromatic heterocycles. The van der Waals surface area contributed by atoms with Crippen LogP contribution in [0.3, 0.4) is 0 Å². The lowest BCUT2D eigenvalue weighted by Gasteiger charge is -1.90. The van der Waals surface area contributed by atoms with E-state index in [9.17, 15) is 4.79 Å². The topological polar surface area (TPSA) is 89.1 Å². The second-order valence-corrected chi connectivity index (χ2v) is 3.08. The molecule has 74 valence electrons. The standard InChI is InChI=1S/C8H11N5O/c1-5-4-7(14)13-8(10-5)11-6(12-13)2-3-9/h4H,2-3,9H2,1H3,(H,10,11,12). The van der Waals surface area contributed by atoms with Crippen molar-refractivity contribution < 1.29 is 0 Å². The number of hydrogen-bond donors (Lipinski definition) is 2. The number of aryl methyl sites for hydroxylation is 1. The summed E-state index contributed by atoms with van der Waals surface area (Å²) in [6, 6.07) is 1.46. The van der Waals surface area contributed by atoms with Crippen LogP contribution in [0.1, 0.15) is 11.5 Å². The van der Waals surface area contributed by atoms with Crippen molar-refractivity contribution in [3.8, 4) is 0 Å². The lowest BCUT2D eigenvalue weighted by atomic mass is 10.4. The molecule has 0 aliphatic rings. The van der Waals surface area contributed by atoms with Gasteiger partial charge in [-0.1, -0.05) is 0 Å². The summed E-state index contributed by atoms with van der Waals surface area (Å²) < 4.78 is 1.32. The van der Waals surface area contributed by atoms with Crippen molar-refractivity contribution in [1.29, 1.82) is 0 Å². The van der Waals surface area contributed by atoms with Gasteiger partial charge in [0.25, 0.3) is 11.3 Å². The van der Waals surface area contributed by atoms with Gasteiger partial charge in [-0.3, -0.25) is 9.89 Å². The van der Waals surface area contributed by atoms with Crippen LogP contribution in [0.15, 0.2) is 10.9 Å². The summed E-state index contributed by atoms with van der Waals surface area (Å²) in [6.45, 7) is 2.26. The van der Waals surface area contributed by atoms with E-state index in [0.717, 1.165) is 0 Å². The molecule has 2 aromatic rings. The summed E-state index contributed by atoms with van der Waals surface area (Å²) in [5.41, 5.74) is 5.90. The van der Waals surface area contributed by atoms with Crippen molar-refractivity contribution in [2.75, 3.05) is 6.54 Å². The molecule has 0 radical (unpaired) electrons. The van der Waals surface area contributed by atoms with E-state index >= 15 is 0 Å². The first-order valence-corrected chi connectivity index (χ1v) is 4.36. The van der Waals surface area contributed by atoms with Gasteiger partial charge in [-0.2, -0.15) is 9.50 Å². The molecule has 6 heteroatoms. The first-order chi connectivity index (χ1) is 6.70. The molecule has 0 aliphatic heterocycles. The molecule has 0 bridgehead atoms. The first kappa shape index (κ1) is 8.89. The molecule has 0 unspecified atom stereocenters. The maximum absolute atomic E-state index is 11.4. The number of fused-ring (bicyclic) bond motifs is 1. The Labute approximate surface area is 79.8 Å². The van der Waals surface area contributed by atoms with Crippen LogP contribution in [0.2, 0.25) is 0 Å². The zero-order valence-corrected chi connectivity index (χ0v) is 7.82. The summed E-state index contributed by atoms with van der Waals surface area (Å²) in [4.78, 5) is 19.7. The van der Waals surface area contributed by atoms with Crippen LogP contribution in [-0.2, 0) is 6.42 Å². The van der Waals surface area contributed by atoms with Crippen LogP contribution in [0.5, 0.6) is 0 Å². The van der Waals surface area contributed by atoms with Crippen molar-refractivity contribution in [3.63, 3.8) is 0 Å². The van der Waals surface area contributed by atoms with E-state index in [4.69, 9.17) is 5.73 Å². The highest BCUT2D eigenvalue weighted by Gasteiger charge is 2.04. The summed E-state index contributed by atoms with van der Waals surface area (Å²) in [7, 11) is 0. The third-order valence-corrected chi connectivity index (χ3v) is 1.89. The summed E-state index contributed by atoms with van der Waals surface area (Å²) in [5.74, 6) is 1.08. The molecule has 0 saturated heterocycles. The Morgan fingerprint density at radius 3 is 3.07 bits per heavy atom. The highest BCUT2D eigenvalue weighted by Crippen LogP contribution is 1.96. The van der Waals surface area contributed by atoms with E-state index in [1.807, 2.05) is 0 Å². The van der Waals surface area contributed by atoms with Gasteiger partial charge in [0.1, 0.15) is 5.82 Å². The quantitative estimate of drug-likeness (QED) is 0.655. The molecule has 3 N–H and O–H groups in total. The highest BCUT2D eigenvalue weighted by molar-refractivity contribution is 5.27. The Kier molecular flexibility index (Phi) is 2.05. The van der Waals surface area contributed by atoms with Crippen LogP contribution in [0.4, 0.5) is 0 Å². The van der Waals surface area contributed by atoms with Crippen LogP contribution < -0.4 is 11.3 Å². The Balaban J connectivity index is 2.65. The molecule has 14 heavy (non-hydrogen) atoms. The predicted octanol–water partition coefficient (Wildman–Crippen LogP) is -0.773. The maximum atomic E-state index is 11.4. The Morgan fingerprint density at radius 2 is 2.36 bits per heavy atom. The largest absolute Gasteiger partial charge is 0.330 e. The third kappa shape index (κ3) is 1.39. The Bertz CT molecular complexity index is 512. The Hall–Kier alpha value is -1.69. The lowest BCUT2D eigenvalue weighted by molar-refractivity contribution is 0.824. The molecule has 0 amide bonds. The summed E-state index contributed by atoms with van der Waals surface area (Å²) in [5, 5.41) is 2.84. The zero-order valence-electron chi connectivity index (χ0n) is 7.82. The normalized spacial score (nSPS) is 11.0. The average Bonchev–Trinajstić information content (AvgIpc) is 2.48. The molecule has 2 rings (SSSR count). The first-order valence-electron chi connectivity index (χ1n) is 4.36. The molecular weight excluding hydrogens is 182 g/mol. The summed E-state index contributed by atoms with van der Waals surface area (Å²) >= 11 is 0. The van der Waals surface area contributed by atoms with Crippen molar-refractivity contribution in [2.45, 2.75) is 13.3 Å². The molecule has 0 aromatic carbocycles. The zero-order chi connectivity index (χ0) is 10.1. The SMILES string of the molecule is Cc1cc(=O)n2[nH]c(CCN)nc2n1. The van der Waals surface area contributed by atoms with Gasteiger partial charge in [0.2, 0.25) is 0 Å². The summed E-state index contributed by atoms with van der Waals surface area (Å²) in [6.07, 6.45) is 0.613. The van der Waals surface area contributed by atoms with Crippen molar-refractivity contribution in [3.05, 3.63) is 27.9 Å². The fourth-order valence-corrected chi connectivity index (χ4v) is 1.29. The fourth-order valence-electron chi connectivity index (χ4n) is 1.29. The predicted molar refractivity (Wildman–Crippen MR) is 51.1 cm³/mol. The molecule has 0 spiro atoms. The number of nitrogens with two attached hydrogens (primary N) is 1. The number of nitrogens with zero attached hydrogens (tertiary/aromatic N) is 3. The maximum Gasteiger partial charge on any atom is 0.274 e. The van der Waals surface area contributed by atoms with Gasteiger partial charge < -0.3 is 5.73 Å². The van der Waals surface area contributed by atoms with Crippen LogP contribution >= 0.6 is 0 Å². The van der Waals surface area contributed by atoms with E-state index in [-0.39, 0.29) is 5.56 Å². The number of rotatable bonds is 2. The average molecular weight is 193 g/mol. The smallest absolute Gasteiger partial charge is 0.274 e. The molecule has 0 fully saturated rings. The van der Waals surface area contributed by atoms with Crippen LogP contribution in [0, 0.1) is 6.92 Å². The van der Waals surface area contributed by atoms with E-state index in [1.165, 1.54) is 10.6 Å². The minimum Gasteiger partial charge on any atom is -0.330 e. The van der Waals surface area contributed by atoms with Gasteiger partial charge >= 0.3 is 0 Å². The van der Waals surface area contributed by atoms with Gasteiger partial charge in [-0.05, 0) is 13.5 Å². The molecule has 0 aliphatic carbocycles. The molecule has 0 atom stereocenters. The number of aromatic amines is 1. The van der Waals surface area contributed by atoms with E-state index in [1.54, 1.807) is 6.92 Å². The van der Waals surface area contributed by atoms with Crippen molar-refractivity contribution in [2.24, 2.45) is 5.73 Å². The minimum atomic E-state index is -0.150. The van der Waals surface area contributed by atoms with Crippen LogP contribution in [-0.4, -0.2) is 26.1 Å². The minimum absolute atomic E-state index is 0.150. The van der Waals surface area contributed by atoms with Crippen molar-refractivity contribution >= 4 is 5.78 Å². The molecule has 0 saturated carbocycles. The molecule has 6 nitrogen and oxygen atoms in total. The fraction of sp³-hybridized carbons (Fsp3) is 0.375. The third-order valence-electron chi connectivity index (χ3n) is 1.89. The van der Waals surface area contributed by atoms with Crippen molar-refractivity contribution in [1.82, 2.24) is 19.6 Å². The number of aromatic nitrogens is 4. The van der Waals surface area contributed by atoms with E-state index in [2.05, 4.69) is 15.1 Å². The van der Waals surface area contributed by atoms with Gasteiger partial charge in [-0.25, -0.2) is 4.98 Å².